The van der Waals surface area contributed by atoms with Gasteiger partial charge in [0.2, 0.25) is 0 Å². The Morgan fingerprint density at radius 3 is 2.95 bits per heavy atom. The fraction of sp³-hybridized carbons (Fsp3) is 0.429. The van der Waals surface area contributed by atoms with Crippen LogP contribution in [0.1, 0.15) is 37.5 Å². The Morgan fingerprint density at radius 1 is 1.33 bits per heavy atom. The van der Waals surface area contributed by atoms with Crippen molar-refractivity contribution in [2.24, 2.45) is 0 Å². The molecule has 0 bridgehead atoms. The van der Waals surface area contributed by atoms with E-state index in [0.717, 1.165) is 28.3 Å². The summed E-state index contributed by atoms with van der Waals surface area (Å²) >= 11 is 1.72. The highest BCUT2D eigenvalue weighted by Gasteiger charge is 2.10. The average molecular weight is 302 g/mol. The molecule has 1 N–H and O–H groups in total. The van der Waals surface area contributed by atoms with E-state index in [2.05, 4.69) is 56.9 Å². The molecule has 0 saturated heterocycles. The Kier molecular flexibility index (Phi) is 3.83. The first-order valence-electron chi connectivity index (χ1n) is 7.04. The van der Waals surface area contributed by atoms with E-state index in [-0.39, 0.29) is 0 Å². The minimum Gasteiger partial charge on any atom is -0.362 e. The van der Waals surface area contributed by atoms with Gasteiger partial charge in [-0.05, 0) is 26.3 Å². The van der Waals surface area contributed by atoms with Crippen LogP contribution in [0, 0.1) is 0 Å². The lowest BCUT2D eigenvalue weighted by Gasteiger charge is -2.11. The monoisotopic (exact) mass is 302 g/mol. The van der Waals surface area contributed by atoms with E-state index in [1.54, 1.807) is 24.0 Å². The Labute approximate surface area is 127 Å². The highest BCUT2D eigenvalue weighted by Crippen LogP contribution is 2.28. The summed E-state index contributed by atoms with van der Waals surface area (Å²) in [6.45, 7) is 6.97. The third-order valence-corrected chi connectivity index (χ3v) is 4.53. The van der Waals surface area contributed by atoms with Crippen molar-refractivity contribution in [1.82, 2.24) is 24.7 Å². The maximum absolute atomic E-state index is 4.36. The van der Waals surface area contributed by atoms with Crippen LogP contribution in [0.5, 0.6) is 0 Å². The van der Waals surface area contributed by atoms with E-state index in [1.807, 2.05) is 0 Å². The van der Waals surface area contributed by atoms with E-state index in [1.165, 1.54) is 4.88 Å². The van der Waals surface area contributed by atoms with Crippen LogP contribution in [0.25, 0.3) is 10.2 Å². The predicted octanol–water partition coefficient (Wildman–Crippen LogP) is 3.04. The first-order chi connectivity index (χ1) is 10.2. The Morgan fingerprint density at radius 2 is 2.19 bits per heavy atom. The van der Waals surface area contributed by atoms with Crippen LogP contribution in [-0.2, 0) is 13.0 Å². The third-order valence-electron chi connectivity index (χ3n) is 3.35. The molecular formula is C14H18N6S. The van der Waals surface area contributed by atoms with Gasteiger partial charge in [-0.3, -0.25) is 0 Å². The van der Waals surface area contributed by atoms with Gasteiger partial charge in [-0.15, -0.1) is 21.5 Å². The van der Waals surface area contributed by atoms with Crippen LogP contribution >= 0.6 is 11.3 Å². The van der Waals surface area contributed by atoms with Gasteiger partial charge >= 0.3 is 0 Å². The molecule has 6 nitrogen and oxygen atoms in total. The molecule has 0 aliphatic rings. The molecule has 3 aromatic rings. The summed E-state index contributed by atoms with van der Waals surface area (Å²) in [5, 5.41) is 12.6. The zero-order valence-corrected chi connectivity index (χ0v) is 13.2. The molecule has 0 fully saturated rings. The van der Waals surface area contributed by atoms with Gasteiger partial charge in [0.15, 0.2) is 5.82 Å². The van der Waals surface area contributed by atoms with Gasteiger partial charge in [-0.25, -0.2) is 9.97 Å². The number of aryl methyl sites for hydroxylation is 1. The lowest BCUT2D eigenvalue weighted by Crippen LogP contribution is -2.10. The first kappa shape index (κ1) is 13.9. The maximum atomic E-state index is 4.36. The summed E-state index contributed by atoms with van der Waals surface area (Å²) in [5.74, 6) is 1.76. The zero-order valence-electron chi connectivity index (χ0n) is 12.4. The van der Waals surface area contributed by atoms with Gasteiger partial charge in [0.05, 0.1) is 11.9 Å². The minimum atomic E-state index is 0.343. The highest BCUT2D eigenvalue weighted by atomic mass is 32.1. The molecule has 0 amide bonds. The second-order valence-electron chi connectivity index (χ2n) is 5.11. The van der Waals surface area contributed by atoms with Crippen molar-refractivity contribution in [2.45, 2.75) is 39.8 Å². The molecule has 3 aromatic heterocycles. The number of fused-ring (bicyclic) bond motifs is 1. The molecule has 0 aromatic carbocycles. The lowest BCUT2D eigenvalue weighted by molar-refractivity contribution is 0.572. The summed E-state index contributed by atoms with van der Waals surface area (Å²) in [6.07, 6.45) is 4.38. The second kappa shape index (κ2) is 5.77. The predicted molar refractivity (Wildman–Crippen MR) is 84.5 cm³/mol. The van der Waals surface area contributed by atoms with Gasteiger partial charge in [0.1, 0.15) is 23.3 Å². The number of nitrogens with zero attached hydrogens (tertiary/aromatic N) is 5. The van der Waals surface area contributed by atoms with Crippen molar-refractivity contribution < 1.29 is 0 Å². The molecular weight excluding hydrogens is 284 g/mol. The SMILES string of the molecule is CCc1cc2c(NCc3nncn3C(C)C)ncnc2s1. The summed E-state index contributed by atoms with van der Waals surface area (Å²) in [4.78, 5) is 11.0. The quantitative estimate of drug-likeness (QED) is 0.784. The molecule has 7 heteroatoms. The number of thiophene rings is 1. The second-order valence-corrected chi connectivity index (χ2v) is 6.22. The summed E-state index contributed by atoms with van der Waals surface area (Å²) in [7, 11) is 0. The van der Waals surface area contributed by atoms with Gasteiger partial charge in [0.25, 0.3) is 0 Å². The molecule has 0 aliphatic heterocycles. The first-order valence-corrected chi connectivity index (χ1v) is 7.86. The van der Waals surface area contributed by atoms with Crippen molar-refractivity contribution in [3.05, 3.63) is 29.4 Å². The molecule has 3 heterocycles. The number of aromatic nitrogens is 5. The fourth-order valence-electron chi connectivity index (χ4n) is 2.21. The maximum Gasteiger partial charge on any atom is 0.152 e. The molecule has 0 saturated carbocycles. The number of hydrogen-bond acceptors (Lipinski definition) is 6. The van der Waals surface area contributed by atoms with Crippen molar-refractivity contribution in [3.8, 4) is 0 Å². The Balaban J connectivity index is 1.85. The van der Waals surface area contributed by atoms with Crippen LogP contribution in [0.2, 0.25) is 0 Å². The van der Waals surface area contributed by atoms with Crippen molar-refractivity contribution in [2.75, 3.05) is 5.32 Å². The van der Waals surface area contributed by atoms with Crippen LogP contribution in [0.4, 0.5) is 5.82 Å². The number of nitrogens with one attached hydrogen (secondary N) is 1. The highest BCUT2D eigenvalue weighted by molar-refractivity contribution is 7.18. The average Bonchev–Trinajstić information content (AvgIpc) is 3.11. The van der Waals surface area contributed by atoms with Crippen LogP contribution in [0.3, 0.4) is 0 Å². The number of rotatable bonds is 5. The normalized spacial score (nSPS) is 11.4. The molecule has 0 aliphatic carbocycles. The largest absolute Gasteiger partial charge is 0.362 e. The van der Waals surface area contributed by atoms with Crippen LogP contribution in [0.15, 0.2) is 18.7 Å². The minimum absolute atomic E-state index is 0.343. The van der Waals surface area contributed by atoms with Gasteiger partial charge in [-0.1, -0.05) is 6.92 Å². The lowest BCUT2D eigenvalue weighted by atomic mass is 10.3. The Bertz CT molecular complexity index is 745. The smallest absolute Gasteiger partial charge is 0.152 e. The van der Waals surface area contributed by atoms with E-state index in [0.29, 0.717) is 12.6 Å². The van der Waals surface area contributed by atoms with Gasteiger partial charge < -0.3 is 9.88 Å². The summed E-state index contributed by atoms with van der Waals surface area (Å²) in [5.41, 5.74) is 0. The van der Waals surface area contributed by atoms with E-state index >= 15 is 0 Å². The molecule has 0 atom stereocenters. The number of hydrogen-bond donors (Lipinski definition) is 1. The molecule has 21 heavy (non-hydrogen) atoms. The number of anilines is 1. The molecule has 0 radical (unpaired) electrons. The molecule has 3 rings (SSSR count). The molecule has 0 spiro atoms. The van der Waals surface area contributed by atoms with Crippen LogP contribution < -0.4 is 5.32 Å². The van der Waals surface area contributed by atoms with Crippen molar-refractivity contribution in [1.29, 1.82) is 0 Å². The van der Waals surface area contributed by atoms with E-state index < -0.39 is 0 Å². The van der Waals surface area contributed by atoms with Crippen LogP contribution in [-0.4, -0.2) is 24.7 Å². The van der Waals surface area contributed by atoms with E-state index in [4.69, 9.17) is 0 Å². The standard InChI is InChI=1S/C14H18N6S/c1-4-10-5-11-13(16-7-17-14(11)21-10)15-6-12-19-18-8-20(12)9(2)3/h5,7-9H,4,6H2,1-3H3,(H,15,16,17). The third kappa shape index (κ3) is 2.73. The Hall–Kier alpha value is -2.02. The molecule has 110 valence electrons. The van der Waals surface area contributed by atoms with E-state index in [9.17, 15) is 0 Å². The van der Waals surface area contributed by atoms with Crippen molar-refractivity contribution in [3.63, 3.8) is 0 Å². The molecule has 0 unspecified atom stereocenters. The summed E-state index contributed by atoms with van der Waals surface area (Å²) in [6, 6.07) is 2.50. The van der Waals surface area contributed by atoms with Gasteiger partial charge in [0, 0.05) is 10.9 Å². The zero-order chi connectivity index (χ0) is 14.8. The fourth-order valence-corrected chi connectivity index (χ4v) is 3.14. The van der Waals surface area contributed by atoms with Gasteiger partial charge in [-0.2, -0.15) is 0 Å². The van der Waals surface area contributed by atoms with Crippen molar-refractivity contribution >= 4 is 27.4 Å². The topological polar surface area (TPSA) is 68.5 Å². The summed E-state index contributed by atoms with van der Waals surface area (Å²) < 4.78 is 2.05.